The van der Waals surface area contributed by atoms with Crippen molar-refractivity contribution in [3.05, 3.63) is 59.7 Å². The van der Waals surface area contributed by atoms with Crippen LogP contribution in [-0.4, -0.2) is 49.3 Å². The van der Waals surface area contributed by atoms with Gasteiger partial charge in [-0.15, -0.1) is 11.8 Å². The molecule has 2 aromatic carbocycles. The van der Waals surface area contributed by atoms with Gasteiger partial charge in [0.15, 0.2) is 0 Å². The SMILES string of the molecule is CCCNC(=O)C(C)N(Cc1cccc(OC)c1)C(=O)CSCc1ccc(OC)cc1. The third-order valence-electron chi connectivity index (χ3n) is 4.86. The van der Waals surface area contributed by atoms with E-state index in [0.29, 0.717) is 24.6 Å². The van der Waals surface area contributed by atoms with E-state index < -0.39 is 6.04 Å². The second-order valence-electron chi connectivity index (χ2n) is 7.18. The molecule has 0 fully saturated rings. The Balaban J connectivity index is 2.05. The molecule has 0 bridgehead atoms. The molecule has 6 nitrogen and oxygen atoms in total. The van der Waals surface area contributed by atoms with Gasteiger partial charge < -0.3 is 19.7 Å². The first-order chi connectivity index (χ1) is 15.0. The van der Waals surface area contributed by atoms with Crippen LogP contribution in [0.3, 0.4) is 0 Å². The van der Waals surface area contributed by atoms with Gasteiger partial charge >= 0.3 is 0 Å². The molecule has 0 radical (unpaired) electrons. The normalized spacial score (nSPS) is 11.5. The Kier molecular flexibility index (Phi) is 10.2. The molecule has 1 unspecified atom stereocenters. The maximum absolute atomic E-state index is 13.1. The highest BCUT2D eigenvalue weighted by Crippen LogP contribution is 2.20. The fourth-order valence-electron chi connectivity index (χ4n) is 3.01. The van der Waals surface area contributed by atoms with Crippen molar-refractivity contribution in [3.63, 3.8) is 0 Å². The second kappa shape index (κ2) is 12.9. The monoisotopic (exact) mass is 444 g/mol. The van der Waals surface area contributed by atoms with Crippen molar-refractivity contribution in [2.24, 2.45) is 0 Å². The van der Waals surface area contributed by atoms with E-state index in [0.717, 1.165) is 29.0 Å². The van der Waals surface area contributed by atoms with Crippen LogP contribution in [0.1, 0.15) is 31.4 Å². The van der Waals surface area contributed by atoms with E-state index in [1.807, 2.05) is 55.5 Å². The van der Waals surface area contributed by atoms with Crippen LogP contribution in [0, 0.1) is 0 Å². The molecule has 1 atom stereocenters. The van der Waals surface area contributed by atoms with Crippen molar-refractivity contribution in [3.8, 4) is 11.5 Å². The molecule has 7 heteroatoms. The van der Waals surface area contributed by atoms with Crippen molar-refractivity contribution in [1.29, 1.82) is 0 Å². The van der Waals surface area contributed by atoms with Gasteiger partial charge in [0, 0.05) is 18.8 Å². The Morgan fingerprint density at radius 3 is 2.39 bits per heavy atom. The average Bonchev–Trinajstić information content (AvgIpc) is 2.81. The molecule has 0 aliphatic carbocycles. The summed E-state index contributed by atoms with van der Waals surface area (Å²) in [7, 11) is 3.25. The quantitative estimate of drug-likeness (QED) is 0.538. The molecule has 0 spiro atoms. The number of rotatable bonds is 12. The van der Waals surface area contributed by atoms with Crippen LogP contribution in [0.5, 0.6) is 11.5 Å². The number of carbonyl (C=O) groups excluding carboxylic acids is 2. The van der Waals surface area contributed by atoms with Crippen LogP contribution >= 0.6 is 11.8 Å². The van der Waals surface area contributed by atoms with Gasteiger partial charge in [-0.3, -0.25) is 9.59 Å². The number of thioether (sulfide) groups is 1. The van der Waals surface area contributed by atoms with Gasteiger partial charge in [0.1, 0.15) is 17.5 Å². The predicted molar refractivity (Wildman–Crippen MR) is 125 cm³/mol. The second-order valence-corrected chi connectivity index (χ2v) is 8.17. The molecular formula is C24H32N2O4S. The van der Waals surface area contributed by atoms with Crippen LogP contribution in [0.15, 0.2) is 48.5 Å². The number of hydrogen-bond donors (Lipinski definition) is 1. The summed E-state index contributed by atoms with van der Waals surface area (Å²) in [6.45, 7) is 4.72. The van der Waals surface area contributed by atoms with Crippen LogP contribution in [-0.2, 0) is 21.9 Å². The van der Waals surface area contributed by atoms with E-state index >= 15 is 0 Å². The first-order valence-electron chi connectivity index (χ1n) is 10.4. The summed E-state index contributed by atoms with van der Waals surface area (Å²) in [6, 6.07) is 14.8. The minimum atomic E-state index is -0.563. The zero-order valence-electron chi connectivity index (χ0n) is 18.7. The Morgan fingerprint density at radius 1 is 1.03 bits per heavy atom. The number of methoxy groups -OCH3 is 2. The predicted octanol–water partition coefficient (Wildman–Crippen LogP) is 3.88. The van der Waals surface area contributed by atoms with Gasteiger partial charge in [0.05, 0.1) is 20.0 Å². The van der Waals surface area contributed by atoms with Crippen LogP contribution in [0.4, 0.5) is 0 Å². The highest BCUT2D eigenvalue weighted by Gasteiger charge is 2.25. The molecule has 168 valence electrons. The van der Waals surface area contributed by atoms with Gasteiger partial charge in [-0.05, 0) is 48.7 Å². The number of carbonyl (C=O) groups is 2. The lowest BCUT2D eigenvalue weighted by Gasteiger charge is -2.29. The Hall–Kier alpha value is -2.67. The molecule has 2 rings (SSSR count). The highest BCUT2D eigenvalue weighted by atomic mass is 32.2. The zero-order chi connectivity index (χ0) is 22.6. The lowest BCUT2D eigenvalue weighted by molar-refractivity contribution is -0.138. The summed E-state index contributed by atoms with van der Waals surface area (Å²) in [6.07, 6.45) is 0.847. The molecule has 0 aliphatic rings. The van der Waals surface area contributed by atoms with E-state index in [1.165, 1.54) is 11.8 Å². The van der Waals surface area contributed by atoms with Gasteiger partial charge in [0.25, 0.3) is 0 Å². The van der Waals surface area contributed by atoms with Gasteiger partial charge in [-0.1, -0.05) is 31.2 Å². The van der Waals surface area contributed by atoms with Crippen molar-refractivity contribution >= 4 is 23.6 Å². The molecule has 31 heavy (non-hydrogen) atoms. The average molecular weight is 445 g/mol. The summed E-state index contributed by atoms with van der Waals surface area (Å²) >= 11 is 1.53. The minimum absolute atomic E-state index is 0.0690. The topological polar surface area (TPSA) is 67.9 Å². The van der Waals surface area contributed by atoms with Crippen LogP contribution < -0.4 is 14.8 Å². The Morgan fingerprint density at radius 2 is 1.74 bits per heavy atom. The number of nitrogens with one attached hydrogen (secondary N) is 1. The maximum atomic E-state index is 13.1. The van der Waals surface area contributed by atoms with Crippen LogP contribution in [0.25, 0.3) is 0 Å². The summed E-state index contributed by atoms with van der Waals surface area (Å²) in [4.78, 5) is 27.3. The van der Waals surface area contributed by atoms with Crippen molar-refractivity contribution in [1.82, 2.24) is 10.2 Å². The third-order valence-corrected chi connectivity index (χ3v) is 5.85. The highest BCUT2D eigenvalue weighted by molar-refractivity contribution is 7.99. The lowest BCUT2D eigenvalue weighted by atomic mass is 10.1. The maximum Gasteiger partial charge on any atom is 0.242 e. The molecule has 1 N–H and O–H groups in total. The van der Waals surface area contributed by atoms with E-state index in [9.17, 15) is 9.59 Å². The zero-order valence-corrected chi connectivity index (χ0v) is 19.5. The van der Waals surface area contributed by atoms with Gasteiger partial charge in [0.2, 0.25) is 11.8 Å². The fourth-order valence-corrected chi connectivity index (χ4v) is 3.88. The number of amides is 2. The van der Waals surface area contributed by atoms with E-state index in [1.54, 1.807) is 26.0 Å². The molecule has 0 saturated heterocycles. The first-order valence-corrected chi connectivity index (χ1v) is 11.5. The number of benzene rings is 2. The Labute approximate surface area is 189 Å². The molecular weight excluding hydrogens is 412 g/mol. The van der Waals surface area contributed by atoms with Crippen LogP contribution in [0.2, 0.25) is 0 Å². The Bertz CT molecular complexity index is 842. The number of hydrogen-bond acceptors (Lipinski definition) is 5. The summed E-state index contributed by atoms with van der Waals surface area (Å²) in [5.41, 5.74) is 2.04. The number of ether oxygens (including phenoxy) is 2. The first kappa shape index (κ1) is 24.6. The molecule has 2 amide bonds. The lowest BCUT2D eigenvalue weighted by Crippen LogP contribution is -2.48. The van der Waals surface area contributed by atoms with Gasteiger partial charge in [-0.2, -0.15) is 0 Å². The largest absolute Gasteiger partial charge is 0.497 e. The summed E-state index contributed by atoms with van der Waals surface area (Å²) < 4.78 is 10.5. The van der Waals surface area contributed by atoms with Crippen molar-refractivity contribution in [2.45, 2.75) is 38.6 Å². The molecule has 0 saturated carbocycles. The standard InChI is InChI=1S/C24H32N2O4S/c1-5-13-25-24(28)18(2)26(15-20-7-6-8-22(14-20)30-4)23(27)17-31-16-19-9-11-21(29-3)12-10-19/h6-12,14,18H,5,13,15-17H2,1-4H3,(H,25,28). The minimum Gasteiger partial charge on any atom is -0.497 e. The smallest absolute Gasteiger partial charge is 0.242 e. The summed E-state index contributed by atoms with van der Waals surface area (Å²) in [5.74, 6) is 2.32. The van der Waals surface area contributed by atoms with Crippen molar-refractivity contribution < 1.29 is 19.1 Å². The molecule has 0 aromatic heterocycles. The number of nitrogens with zero attached hydrogens (tertiary/aromatic N) is 1. The van der Waals surface area contributed by atoms with E-state index in [4.69, 9.17) is 9.47 Å². The van der Waals surface area contributed by atoms with Crippen molar-refractivity contribution in [2.75, 3.05) is 26.5 Å². The van der Waals surface area contributed by atoms with E-state index in [2.05, 4.69) is 5.32 Å². The molecule has 2 aromatic rings. The van der Waals surface area contributed by atoms with Gasteiger partial charge in [-0.25, -0.2) is 0 Å². The van der Waals surface area contributed by atoms with E-state index in [-0.39, 0.29) is 11.8 Å². The molecule has 0 heterocycles. The summed E-state index contributed by atoms with van der Waals surface area (Å²) in [5, 5.41) is 2.89. The molecule has 0 aliphatic heterocycles. The fraction of sp³-hybridized carbons (Fsp3) is 0.417. The third kappa shape index (κ3) is 7.83.